The highest BCUT2D eigenvalue weighted by atomic mass is 32.2. The molecule has 0 spiro atoms. The molecule has 0 aliphatic carbocycles. The van der Waals surface area contributed by atoms with E-state index in [9.17, 15) is 8.42 Å². The molecule has 0 radical (unpaired) electrons. The van der Waals surface area contributed by atoms with E-state index in [1.807, 2.05) is 54.6 Å². The second kappa shape index (κ2) is 9.23. The molecule has 3 rings (SSSR count). The number of hydrogen-bond donors (Lipinski definition) is 2. The maximum Gasteiger partial charge on any atom is 0.233 e. The Hall–Kier alpha value is -3.06. The minimum Gasteiger partial charge on any atom is -0.497 e. The fourth-order valence-electron chi connectivity index (χ4n) is 2.69. The van der Waals surface area contributed by atoms with Gasteiger partial charge in [0.1, 0.15) is 11.6 Å². The van der Waals surface area contributed by atoms with Crippen LogP contribution in [0, 0.1) is 0 Å². The Balaban J connectivity index is 1.52. The van der Waals surface area contributed by atoms with E-state index >= 15 is 0 Å². The molecule has 146 valence electrons. The summed E-state index contributed by atoms with van der Waals surface area (Å²) in [5.41, 5.74) is 2.78. The molecule has 28 heavy (non-hydrogen) atoms. The predicted molar refractivity (Wildman–Crippen MR) is 113 cm³/mol. The van der Waals surface area contributed by atoms with Crippen LogP contribution in [0.1, 0.15) is 12.0 Å². The molecule has 0 fully saturated rings. The number of anilines is 3. The average molecular weight is 398 g/mol. The third kappa shape index (κ3) is 5.99. The van der Waals surface area contributed by atoms with Crippen LogP contribution < -0.4 is 14.8 Å². The molecule has 0 saturated heterocycles. The number of aryl methyl sites for hydroxylation is 1. The molecule has 6 nitrogen and oxygen atoms in total. The summed E-state index contributed by atoms with van der Waals surface area (Å²) in [6, 6.07) is 20.7. The number of nitrogens with zero attached hydrogens (tertiary/aromatic N) is 1. The lowest BCUT2D eigenvalue weighted by Gasteiger charge is -2.10. The Labute approximate surface area is 165 Å². The molecule has 7 heteroatoms. The third-order valence-electron chi connectivity index (χ3n) is 4.12. The van der Waals surface area contributed by atoms with Crippen LogP contribution in [-0.4, -0.2) is 26.3 Å². The number of hydrogen-bond acceptors (Lipinski definition) is 5. The van der Waals surface area contributed by atoms with Gasteiger partial charge in [-0.05, 0) is 54.8 Å². The fraction of sp³-hybridized carbons (Fsp3) is 0.190. The van der Waals surface area contributed by atoms with E-state index in [0.717, 1.165) is 29.1 Å². The van der Waals surface area contributed by atoms with Crippen LogP contribution in [0.2, 0.25) is 0 Å². The molecule has 0 atom stereocenters. The third-order valence-corrected chi connectivity index (χ3v) is 5.47. The summed E-state index contributed by atoms with van der Waals surface area (Å²) >= 11 is 0. The van der Waals surface area contributed by atoms with Crippen LogP contribution in [0.3, 0.4) is 0 Å². The highest BCUT2D eigenvalue weighted by Gasteiger charge is 2.11. The number of rotatable bonds is 9. The normalized spacial score (nSPS) is 11.0. The molecule has 2 aromatic carbocycles. The van der Waals surface area contributed by atoms with Crippen molar-refractivity contribution >= 4 is 27.2 Å². The van der Waals surface area contributed by atoms with Gasteiger partial charge in [-0.2, -0.15) is 0 Å². The maximum atomic E-state index is 12.2. The molecule has 0 unspecified atom stereocenters. The molecule has 0 aliphatic heterocycles. The van der Waals surface area contributed by atoms with Gasteiger partial charge in [-0.1, -0.05) is 30.3 Å². The molecule has 0 saturated carbocycles. The number of sulfonamides is 1. The Bertz CT molecular complexity index is 974. The summed E-state index contributed by atoms with van der Waals surface area (Å²) < 4.78 is 32.2. The van der Waals surface area contributed by atoms with Gasteiger partial charge in [-0.25, -0.2) is 13.4 Å². The van der Waals surface area contributed by atoms with E-state index in [2.05, 4.69) is 15.0 Å². The minimum absolute atomic E-state index is 0.0510. The van der Waals surface area contributed by atoms with Gasteiger partial charge >= 0.3 is 0 Å². The largest absolute Gasteiger partial charge is 0.497 e. The van der Waals surface area contributed by atoms with Crippen LogP contribution in [0.15, 0.2) is 72.9 Å². The van der Waals surface area contributed by atoms with Gasteiger partial charge in [0.25, 0.3) is 0 Å². The summed E-state index contributed by atoms with van der Waals surface area (Å²) in [4.78, 5) is 4.18. The van der Waals surface area contributed by atoms with Gasteiger partial charge in [0.15, 0.2) is 0 Å². The van der Waals surface area contributed by atoms with Crippen molar-refractivity contribution in [1.29, 1.82) is 0 Å². The number of methoxy groups -OCH3 is 1. The second-order valence-corrected chi connectivity index (χ2v) is 8.14. The van der Waals surface area contributed by atoms with E-state index < -0.39 is 10.0 Å². The molecule has 0 amide bonds. The Morgan fingerprint density at radius 3 is 2.29 bits per heavy atom. The van der Waals surface area contributed by atoms with E-state index in [0.29, 0.717) is 12.2 Å². The highest BCUT2D eigenvalue weighted by molar-refractivity contribution is 7.92. The van der Waals surface area contributed by atoms with Gasteiger partial charge < -0.3 is 10.1 Å². The van der Waals surface area contributed by atoms with Crippen molar-refractivity contribution in [1.82, 2.24) is 4.98 Å². The van der Waals surface area contributed by atoms with E-state index in [-0.39, 0.29) is 5.75 Å². The maximum absolute atomic E-state index is 12.2. The predicted octanol–water partition coefficient (Wildman–Crippen LogP) is 4.21. The minimum atomic E-state index is -3.43. The molecular weight excluding hydrogens is 374 g/mol. The summed E-state index contributed by atoms with van der Waals surface area (Å²) in [5.74, 6) is 1.13. The standard InChI is InChI=1S/C21H23N3O3S/c1-27-20-12-9-18(10-13-20)23-19-11-14-21(22-16-19)24-28(25,26)15-5-8-17-6-3-2-4-7-17/h2-4,6-7,9-14,16,23H,5,8,15H2,1H3,(H,22,24). The number of pyridine rings is 1. The van der Waals surface area contributed by atoms with E-state index in [1.54, 1.807) is 25.4 Å². The summed E-state index contributed by atoms with van der Waals surface area (Å²) in [7, 11) is -1.81. The van der Waals surface area contributed by atoms with Crippen molar-refractivity contribution < 1.29 is 13.2 Å². The van der Waals surface area contributed by atoms with E-state index in [1.165, 1.54) is 0 Å². The zero-order valence-corrected chi connectivity index (χ0v) is 16.4. The Morgan fingerprint density at radius 1 is 0.929 bits per heavy atom. The number of nitrogens with one attached hydrogen (secondary N) is 2. The van der Waals surface area contributed by atoms with Crippen LogP contribution in [-0.2, 0) is 16.4 Å². The SMILES string of the molecule is COc1ccc(Nc2ccc(NS(=O)(=O)CCCc3ccccc3)nc2)cc1. The van der Waals surface area contributed by atoms with Crippen LogP contribution >= 0.6 is 0 Å². The molecule has 2 N–H and O–H groups in total. The molecule has 3 aromatic rings. The Kier molecular flexibility index (Phi) is 6.49. The second-order valence-electron chi connectivity index (χ2n) is 6.30. The van der Waals surface area contributed by atoms with Gasteiger partial charge in [-0.15, -0.1) is 0 Å². The lowest BCUT2D eigenvalue weighted by atomic mass is 10.1. The number of ether oxygens (including phenoxy) is 1. The monoisotopic (exact) mass is 397 g/mol. The summed E-state index contributed by atoms with van der Waals surface area (Å²) in [5, 5.41) is 3.20. The van der Waals surface area contributed by atoms with Gasteiger partial charge in [-0.3, -0.25) is 4.72 Å². The van der Waals surface area contributed by atoms with Crippen LogP contribution in [0.4, 0.5) is 17.2 Å². The van der Waals surface area contributed by atoms with Crippen molar-refractivity contribution in [2.45, 2.75) is 12.8 Å². The number of aromatic nitrogens is 1. The summed E-state index contributed by atoms with van der Waals surface area (Å²) in [6.45, 7) is 0. The van der Waals surface area contributed by atoms with E-state index in [4.69, 9.17) is 4.74 Å². The van der Waals surface area contributed by atoms with Crippen molar-refractivity contribution in [3.63, 3.8) is 0 Å². The fourth-order valence-corrected chi connectivity index (χ4v) is 3.76. The molecule has 1 aromatic heterocycles. The smallest absolute Gasteiger partial charge is 0.233 e. The van der Waals surface area contributed by atoms with Gasteiger partial charge in [0, 0.05) is 5.69 Å². The molecule has 0 bridgehead atoms. The summed E-state index contributed by atoms with van der Waals surface area (Å²) in [6.07, 6.45) is 2.86. The van der Waals surface area contributed by atoms with Crippen molar-refractivity contribution in [2.75, 3.05) is 22.9 Å². The molecule has 0 aliphatic rings. The first kappa shape index (κ1) is 19.7. The first-order chi connectivity index (χ1) is 13.5. The Morgan fingerprint density at radius 2 is 1.64 bits per heavy atom. The van der Waals surface area contributed by atoms with Crippen LogP contribution in [0.5, 0.6) is 5.75 Å². The average Bonchev–Trinajstić information content (AvgIpc) is 2.70. The quantitative estimate of drug-likeness (QED) is 0.565. The first-order valence-electron chi connectivity index (χ1n) is 8.96. The first-order valence-corrected chi connectivity index (χ1v) is 10.6. The zero-order chi connectivity index (χ0) is 19.8. The molecular formula is C21H23N3O3S. The highest BCUT2D eigenvalue weighted by Crippen LogP contribution is 2.20. The number of benzene rings is 2. The lowest BCUT2D eigenvalue weighted by molar-refractivity contribution is 0.415. The van der Waals surface area contributed by atoms with Crippen molar-refractivity contribution in [2.24, 2.45) is 0 Å². The van der Waals surface area contributed by atoms with Gasteiger partial charge in [0.05, 0.1) is 24.7 Å². The van der Waals surface area contributed by atoms with Crippen molar-refractivity contribution in [3.8, 4) is 5.75 Å². The van der Waals surface area contributed by atoms with Crippen LogP contribution in [0.25, 0.3) is 0 Å². The van der Waals surface area contributed by atoms with Gasteiger partial charge in [0.2, 0.25) is 10.0 Å². The lowest BCUT2D eigenvalue weighted by Crippen LogP contribution is -2.17. The molecule has 1 heterocycles. The zero-order valence-electron chi connectivity index (χ0n) is 15.6. The topological polar surface area (TPSA) is 80.3 Å². The van der Waals surface area contributed by atoms with Crippen molar-refractivity contribution in [3.05, 3.63) is 78.5 Å².